The molecule has 2 unspecified atom stereocenters. The zero-order chi connectivity index (χ0) is 70.3. The second kappa shape index (κ2) is 26.4. The molecule has 0 radical (unpaired) electrons. The van der Waals surface area contributed by atoms with E-state index in [1.54, 1.807) is 14.7 Å². The van der Waals surface area contributed by atoms with Crippen molar-refractivity contribution in [2.75, 3.05) is 58.9 Å². The molecule has 3 atom stereocenters. The van der Waals surface area contributed by atoms with Gasteiger partial charge in [-0.25, -0.2) is 28.8 Å². The smallest absolute Gasteiger partial charge is 0.410 e. The van der Waals surface area contributed by atoms with Crippen LogP contribution in [0.1, 0.15) is 227 Å². The van der Waals surface area contributed by atoms with E-state index < -0.39 is 16.8 Å². The van der Waals surface area contributed by atoms with Crippen LogP contribution < -0.4 is 0 Å². The summed E-state index contributed by atoms with van der Waals surface area (Å²) >= 11 is 0. The van der Waals surface area contributed by atoms with Crippen LogP contribution in [0.5, 0.6) is 0 Å². The number of hydrogen-bond acceptors (Lipinski definition) is 9. The number of piperidine rings is 3. The maximum Gasteiger partial charge on any atom is 0.410 e. The highest BCUT2D eigenvalue weighted by Crippen LogP contribution is 2.52. The number of ether oxygens (including phenoxy) is 3. The molecule has 9 aliphatic rings. The third-order valence-electron chi connectivity index (χ3n) is 21.3. The molecule has 96 heavy (non-hydrogen) atoms. The monoisotopic (exact) mass is 1320 g/mol. The van der Waals surface area contributed by atoms with Crippen LogP contribution in [-0.4, -0.2) is 173 Å². The molecule has 12 rings (SSSR count). The molecule has 9 aliphatic heterocycles. The van der Waals surface area contributed by atoms with Gasteiger partial charge in [0.1, 0.15) is 16.8 Å². The Labute approximate surface area is 572 Å². The first-order valence-corrected chi connectivity index (χ1v) is 35.6. The number of benzene rings is 3. The van der Waals surface area contributed by atoms with Gasteiger partial charge in [-0.3, -0.25) is 14.7 Å². The van der Waals surface area contributed by atoms with E-state index in [1.807, 2.05) is 91.7 Å². The molecule has 3 spiro atoms. The predicted molar refractivity (Wildman–Crippen MR) is 377 cm³/mol. The lowest BCUT2D eigenvalue weighted by atomic mass is 9.82. The third-order valence-corrected chi connectivity index (χ3v) is 21.3. The van der Waals surface area contributed by atoms with Crippen LogP contribution in [0.25, 0.3) is 0 Å². The molecule has 6 fully saturated rings. The van der Waals surface area contributed by atoms with Gasteiger partial charge >= 0.3 is 36.4 Å². The van der Waals surface area contributed by atoms with E-state index in [-0.39, 0.29) is 70.7 Å². The van der Waals surface area contributed by atoms with Crippen molar-refractivity contribution in [1.82, 2.24) is 44.1 Å². The van der Waals surface area contributed by atoms with E-state index in [1.165, 1.54) is 66.8 Å². The van der Waals surface area contributed by atoms with Gasteiger partial charge in [-0.15, -0.1) is 0 Å². The van der Waals surface area contributed by atoms with Crippen molar-refractivity contribution >= 4 is 36.4 Å². The van der Waals surface area contributed by atoms with E-state index >= 15 is 0 Å². The van der Waals surface area contributed by atoms with Crippen molar-refractivity contribution in [3.8, 4) is 0 Å². The molecule has 0 saturated carbocycles. The molecule has 18 heteroatoms. The molecule has 522 valence electrons. The number of carbonyl (C=O) groups is 6. The molecule has 9 heterocycles. The number of rotatable bonds is 3. The van der Waals surface area contributed by atoms with Crippen molar-refractivity contribution in [2.45, 2.75) is 255 Å². The zero-order valence-corrected chi connectivity index (χ0v) is 61.9. The second-order valence-electron chi connectivity index (χ2n) is 31.8. The largest absolute Gasteiger partial charge is 0.444 e. The topological polar surface area (TPSA) is 159 Å². The maximum absolute atomic E-state index is 13.6. The SMILES string of the molecule is CCN1C(=O)N2Cc3cc(C)cc(C)c3C(C)C=C2C12CCN(C(=O)OC(C)(C)C)CC2.CCN1C(=O)N2Cc3cc(C)cc(C)c3C(C)C=C2C12CCN(C(=O)OC(C)(C)C)CC2.CCN1C(=O)N2Cc3cc(C)cc(C)c3[C@H](C)C=C2C12CCN(C(=O)OC(C)(C)C)CC2. The Bertz CT molecular complexity index is 3280. The standard InChI is InChI=1S/3C26H37N3O3/c3*1-8-29-23(30)28-16-20-14-17(2)13-18(3)22(20)19(4)15-21(28)26(29)9-11-27(12-10-26)24(31)32-25(5,6)7/h3*13-15,19H,8-12,16H2,1-7H3/t19-;;/m1../s1. The number of nitrogens with zero attached hydrogens (tertiary/aromatic N) is 9. The highest BCUT2D eigenvalue weighted by molar-refractivity contribution is 5.85. The lowest BCUT2D eigenvalue weighted by molar-refractivity contribution is 0.0101. The maximum atomic E-state index is 13.6. The summed E-state index contributed by atoms with van der Waals surface area (Å²) in [4.78, 5) is 96.1. The summed E-state index contributed by atoms with van der Waals surface area (Å²) in [5.74, 6) is 0.697. The van der Waals surface area contributed by atoms with E-state index in [2.05, 4.69) is 138 Å². The molecule has 0 N–H and O–H groups in total. The summed E-state index contributed by atoms with van der Waals surface area (Å²) in [5, 5.41) is 0. The Balaban J connectivity index is 0.000000157. The van der Waals surface area contributed by atoms with Crippen molar-refractivity contribution in [1.29, 1.82) is 0 Å². The van der Waals surface area contributed by atoms with Crippen LogP contribution in [0.15, 0.2) is 71.7 Å². The zero-order valence-electron chi connectivity index (χ0n) is 61.9. The molecular weight excluding hydrogens is 1210 g/mol. The fourth-order valence-electron chi connectivity index (χ4n) is 17.7. The Morgan fingerprint density at radius 1 is 0.396 bits per heavy atom. The number of carbonyl (C=O) groups excluding carboxylic acids is 6. The quantitative estimate of drug-likeness (QED) is 0.233. The average Bonchev–Trinajstić information content (AvgIpc) is 1.58. The molecule has 9 amide bonds. The normalized spacial score (nSPS) is 22.5. The van der Waals surface area contributed by atoms with E-state index in [4.69, 9.17) is 14.2 Å². The summed E-state index contributed by atoms with van der Waals surface area (Å²) in [6.07, 6.45) is 10.5. The molecular formula is C78H111N9O9. The van der Waals surface area contributed by atoms with Gasteiger partial charge in [0.05, 0.1) is 36.3 Å². The summed E-state index contributed by atoms with van der Waals surface area (Å²) in [5.41, 5.74) is 16.1. The van der Waals surface area contributed by atoms with Gasteiger partial charge in [0, 0.05) is 93.7 Å². The third kappa shape index (κ3) is 13.4. The van der Waals surface area contributed by atoms with Crippen molar-refractivity contribution in [3.05, 3.63) is 138 Å². The molecule has 18 nitrogen and oxygen atoms in total. The number of amides is 9. The highest BCUT2D eigenvalue weighted by Gasteiger charge is 2.59. The summed E-state index contributed by atoms with van der Waals surface area (Å²) in [6.45, 7) is 50.1. The predicted octanol–water partition coefficient (Wildman–Crippen LogP) is 16.0. The lowest BCUT2D eigenvalue weighted by Crippen LogP contribution is -2.55. The van der Waals surface area contributed by atoms with Crippen LogP contribution in [0, 0.1) is 41.5 Å². The second-order valence-corrected chi connectivity index (χ2v) is 31.8. The van der Waals surface area contributed by atoms with E-state index in [0.717, 1.165) is 55.6 Å². The number of hydrogen-bond donors (Lipinski definition) is 0. The van der Waals surface area contributed by atoms with Gasteiger partial charge < -0.3 is 43.6 Å². The number of likely N-dealkylation sites (N-methyl/N-ethyl adjacent to an activating group) is 3. The van der Waals surface area contributed by atoms with E-state index in [9.17, 15) is 28.8 Å². The Morgan fingerprint density at radius 2 is 0.615 bits per heavy atom. The number of allylic oxidation sites excluding steroid dienone is 3. The average molecular weight is 1320 g/mol. The molecule has 6 saturated heterocycles. The first-order valence-electron chi connectivity index (χ1n) is 35.6. The van der Waals surface area contributed by atoms with Gasteiger partial charge in [0.15, 0.2) is 0 Å². The summed E-state index contributed by atoms with van der Waals surface area (Å²) in [7, 11) is 0. The highest BCUT2D eigenvalue weighted by atomic mass is 16.6. The minimum absolute atomic E-state index is 0.0867. The molecule has 0 aromatic heterocycles. The van der Waals surface area contributed by atoms with Crippen LogP contribution in [0.3, 0.4) is 0 Å². The van der Waals surface area contributed by atoms with Gasteiger partial charge in [0.25, 0.3) is 0 Å². The Kier molecular flexibility index (Phi) is 19.6. The lowest BCUT2D eigenvalue weighted by Gasteiger charge is -2.44. The molecule has 0 aliphatic carbocycles. The molecule has 3 aromatic rings. The number of likely N-dealkylation sites (tertiary alicyclic amines) is 3. The fourth-order valence-corrected chi connectivity index (χ4v) is 17.7. The Morgan fingerprint density at radius 3 is 0.812 bits per heavy atom. The van der Waals surface area contributed by atoms with Crippen molar-refractivity contribution < 1.29 is 43.0 Å². The van der Waals surface area contributed by atoms with Gasteiger partial charge in [-0.1, -0.05) is 92.1 Å². The number of fused-ring (bicyclic) bond motifs is 9. The van der Waals surface area contributed by atoms with Gasteiger partial charge in [-0.2, -0.15) is 0 Å². The van der Waals surface area contributed by atoms with E-state index in [0.29, 0.717) is 78.5 Å². The number of urea groups is 3. The Hall–Kier alpha value is -7.50. The molecule has 0 bridgehead atoms. The van der Waals surface area contributed by atoms with Gasteiger partial charge in [-0.05, 0) is 213 Å². The van der Waals surface area contributed by atoms with Crippen LogP contribution >= 0.6 is 0 Å². The van der Waals surface area contributed by atoms with Crippen LogP contribution in [0.2, 0.25) is 0 Å². The first-order chi connectivity index (χ1) is 44.9. The van der Waals surface area contributed by atoms with Gasteiger partial charge in [0.2, 0.25) is 0 Å². The first kappa shape index (κ1) is 71.3. The molecule has 3 aromatic carbocycles. The fraction of sp³-hybridized carbons (Fsp3) is 0.615. The van der Waals surface area contributed by atoms with Crippen LogP contribution in [0.4, 0.5) is 28.8 Å². The summed E-state index contributed by atoms with van der Waals surface area (Å²) < 4.78 is 16.8. The minimum Gasteiger partial charge on any atom is -0.444 e. The minimum atomic E-state index is -0.511. The van der Waals surface area contributed by atoms with Crippen molar-refractivity contribution in [2.24, 2.45) is 0 Å². The van der Waals surface area contributed by atoms with Crippen molar-refractivity contribution in [3.63, 3.8) is 0 Å². The van der Waals surface area contributed by atoms with Crippen LogP contribution in [-0.2, 0) is 33.8 Å². The number of aryl methyl sites for hydroxylation is 6. The summed E-state index contributed by atoms with van der Waals surface area (Å²) in [6, 6.07) is 13.7.